The number of rotatable bonds is 16. The molecule has 0 heterocycles. The molecule has 0 spiro atoms. The average molecular weight is 566 g/mol. The van der Waals surface area contributed by atoms with Crippen molar-refractivity contribution in [2.24, 2.45) is 29.6 Å². The number of ether oxygens (including phenoxy) is 4. The van der Waals surface area contributed by atoms with Crippen molar-refractivity contribution in [2.75, 3.05) is 13.2 Å². The molecule has 10 heteroatoms. The van der Waals surface area contributed by atoms with Gasteiger partial charge in [0.25, 0.3) is 0 Å². The highest BCUT2D eigenvalue weighted by molar-refractivity contribution is 5.79. The molecule has 0 saturated carbocycles. The molecule has 0 fully saturated rings. The maximum Gasteiger partial charge on any atom is 0.508 e. The molecule has 226 valence electrons. The van der Waals surface area contributed by atoms with Crippen molar-refractivity contribution < 1.29 is 43.2 Å². The van der Waals surface area contributed by atoms with Crippen molar-refractivity contribution in [3.63, 3.8) is 0 Å². The number of carbonyl (C=O) groups excluding carboxylic acids is 3. The number of carboxylic acids is 1. The van der Waals surface area contributed by atoms with E-state index in [1.807, 2.05) is 41.5 Å². The minimum absolute atomic E-state index is 0.0277. The van der Waals surface area contributed by atoms with Crippen LogP contribution in [0.1, 0.15) is 74.3 Å². The summed E-state index contributed by atoms with van der Waals surface area (Å²) in [4.78, 5) is 49.1. The Labute approximate surface area is 238 Å². The van der Waals surface area contributed by atoms with Crippen LogP contribution in [0.2, 0.25) is 0 Å². The van der Waals surface area contributed by atoms with E-state index in [0.29, 0.717) is 17.9 Å². The maximum absolute atomic E-state index is 12.7. The number of benzene rings is 1. The Balaban J connectivity index is 3.01. The molecule has 4 atom stereocenters. The van der Waals surface area contributed by atoms with Crippen molar-refractivity contribution in [3.8, 4) is 11.5 Å². The zero-order valence-electron chi connectivity index (χ0n) is 25.3. The summed E-state index contributed by atoms with van der Waals surface area (Å²) in [7, 11) is 0. The minimum Gasteiger partial charge on any atom is -0.480 e. The third-order valence-corrected chi connectivity index (χ3v) is 6.77. The Kier molecular flexibility index (Phi) is 14.7. The first-order valence-electron chi connectivity index (χ1n) is 14.0. The molecule has 0 radical (unpaired) electrons. The summed E-state index contributed by atoms with van der Waals surface area (Å²) in [6, 6.07) is 3.60. The topological polar surface area (TPSA) is 137 Å². The zero-order chi connectivity index (χ0) is 30.6. The quantitative estimate of drug-likeness (QED) is 0.202. The van der Waals surface area contributed by atoms with Crippen molar-refractivity contribution in [2.45, 2.75) is 87.3 Å². The first-order valence-corrected chi connectivity index (χ1v) is 14.0. The van der Waals surface area contributed by atoms with Gasteiger partial charge in [0.2, 0.25) is 0 Å². The number of hydrogen-bond acceptors (Lipinski definition) is 9. The molecule has 1 rings (SSSR count). The summed E-state index contributed by atoms with van der Waals surface area (Å²) >= 11 is 0. The summed E-state index contributed by atoms with van der Waals surface area (Å²) in [5.74, 6) is -2.25. The largest absolute Gasteiger partial charge is 0.508 e. The zero-order valence-corrected chi connectivity index (χ0v) is 25.3. The number of carbonyl (C=O) groups is 4. The van der Waals surface area contributed by atoms with E-state index in [1.165, 1.54) is 12.1 Å². The molecule has 2 N–H and O–H groups in total. The van der Waals surface area contributed by atoms with Gasteiger partial charge >= 0.3 is 24.1 Å². The number of hydrogen-bond donors (Lipinski definition) is 2. The first kappa shape index (κ1) is 34.9. The van der Waals surface area contributed by atoms with Gasteiger partial charge in [0.05, 0.1) is 18.4 Å². The summed E-state index contributed by atoms with van der Waals surface area (Å²) in [5, 5.41) is 12.7. The lowest BCUT2D eigenvalue weighted by molar-refractivity contribution is -0.142. The monoisotopic (exact) mass is 565 g/mol. The van der Waals surface area contributed by atoms with Crippen LogP contribution in [-0.2, 0) is 30.3 Å². The lowest BCUT2D eigenvalue weighted by Gasteiger charge is -2.20. The van der Waals surface area contributed by atoms with Gasteiger partial charge in [-0.25, -0.2) is 4.79 Å². The first-order chi connectivity index (χ1) is 18.6. The van der Waals surface area contributed by atoms with Crippen molar-refractivity contribution in [1.82, 2.24) is 5.32 Å². The van der Waals surface area contributed by atoms with Crippen LogP contribution in [0.5, 0.6) is 11.5 Å². The van der Waals surface area contributed by atoms with Crippen LogP contribution < -0.4 is 14.8 Å². The molecule has 10 nitrogen and oxygen atoms in total. The van der Waals surface area contributed by atoms with Gasteiger partial charge in [-0.3, -0.25) is 14.4 Å². The molecule has 3 unspecified atom stereocenters. The van der Waals surface area contributed by atoms with Gasteiger partial charge in [-0.1, -0.05) is 61.5 Å². The highest BCUT2D eigenvalue weighted by Crippen LogP contribution is 2.31. The molecule has 0 saturated heterocycles. The van der Waals surface area contributed by atoms with Gasteiger partial charge in [-0.05, 0) is 55.2 Å². The molecule has 1 aromatic carbocycles. The Hall–Kier alpha value is -3.14. The Morgan fingerprint density at radius 2 is 1.38 bits per heavy atom. The summed E-state index contributed by atoms with van der Waals surface area (Å²) in [5.41, 5.74) is 0.540. The Morgan fingerprint density at radius 1 is 0.825 bits per heavy atom. The Morgan fingerprint density at radius 3 is 1.88 bits per heavy atom. The van der Waals surface area contributed by atoms with Crippen molar-refractivity contribution in [3.05, 3.63) is 23.8 Å². The van der Waals surface area contributed by atoms with E-state index < -0.39 is 42.1 Å². The van der Waals surface area contributed by atoms with Gasteiger partial charge in [-0.2, -0.15) is 0 Å². The lowest BCUT2D eigenvalue weighted by atomic mass is 9.98. The van der Waals surface area contributed by atoms with E-state index in [2.05, 4.69) is 5.32 Å². The van der Waals surface area contributed by atoms with E-state index in [9.17, 15) is 24.3 Å². The minimum atomic E-state index is -1.11. The second-order valence-electron chi connectivity index (χ2n) is 11.4. The van der Waals surface area contributed by atoms with Crippen LogP contribution in [0.25, 0.3) is 0 Å². The second-order valence-corrected chi connectivity index (χ2v) is 11.4. The van der Waals surface area contributed by atoms with E-state index in [1.54, 1.807) is 26.8 Å². The maximum atomic E-state index is 12.7. The summed E-state index contributed by atoms with van der Waals surface area (Å²) in [6.45, 7) is 17.1. The second kappa shape index (κ2) is 16.8. The third kappa shape index (κ3) is 12.4. The fourth-order valence-corrected chi connectivity index (χ4v) is 3.20. The predicted molar refractivity (Wildman–Crippen MR) is 150 cm³/mol. The summed E-state index contributed by atoms with van der Waals surface area (Å²) in [6.07, 6.45) is -0.694. The van der Waals surface area contributed by atoms with Crippen LogP contribution >= 0.6 is 0 Å². The molecular weight excluding hydrogens is 518 g/mol. The van der Waals surface area contributed by atoms with Crippen molar-refractivity contribution in [1.29, 1.82) is 0 Å². The van der Waals surface area contributed by atoms with Gasteiger partial charge in [-0.15, -0.1) is 0 Å². The van der Waals surface area contributed by atoms with E-state index in [-0.39, 0.29) is 48.8 Å². The van der Waals surface area contributed by atoms with Crippen LogP contribution in [0.3, 0.4) is 0 Å². The van der Waals surface area contributed by atoms with Crippen LogP contribution in [0, 0.1) is 29.6 Å². The molecule has 1 aromatic rings. The fourth-order valence-electron chi connectivity index (χ4n) is 3.20. The predicted octanol–water partition coefficient (Wildman–Crippen LogP) is 5.25. The molecule has 40 heavy (non-hydrogen) atoms. The van der Waals surface area contributed by atoms with Gasteiger partial charge in [0.1, 0.15) is 12.1 Å². The Bertz CT molecular complexity index is 989. The van der Waals surface area contributed by atoms with Gasteiger partial charge < -0.3 is 29.4 Å². The molecular formula is C30H47NO9. The molecule has 0 bridgehead atoms. The van der Waals surface area contributed by atoms with E-state index >= 15 is 0 Å². The van der Waals surface area contributed by atoms with Gasteiger partial charge in [0, 0.05) is 6.54 Å². The SMILES string of the molecule is CC(C)CCOC(=O)OC(C)CN[C@@H](Cc1ccc(OC(=O)C(C)C(C)C)c(OC(=O)C(C)C(C)C)c1)C(=O)O. The molecule has 0 aliphatic rings. The number of nitrogens with one attached hydrogen (secondary N) is 1. The number of esters is 2. The molecule has 0 aromatic heterocycles. The lowest BCUT2D eigenvalue weighted by Crippen LogP contribution is -2.42. The third-order valence-electron chi connectivity index (χ3n) is 6.77. The molecule has 0 aliphatic heterocycles. The average Bonchev–Trinajstić information content (AvgIpc) is 2.86. The summed E-state index contributed by atoms with van der Waals surface area (Å²) < 4.78 is 21.4. The fraction of sp³-hybridized carbons (Fsp3) is 0.667. The van der Waals surface area contributed by atoms with E-state index in [4.69, 9.17) is 18.9 Å². The normalized spacial score (nSPS) is 14.4. The highest BCUT2D eigenvalue weighted by atomic mass is 16.7. The highest BCUT2D eigenvalue weighted by Gasteiger charge is 2.26. The van der Waals surface area contributed by atoms with Crippen LogP contribution in [-0.4, -0.2) is 54.5 Å². The standard InChI is InChI=1S/C30H47NO9/c1-17(2)12-13-37-30(36)38-20(7)16-31-24(27(32)33)14-23-10-11-25(39-28(34)21(8)18(3)4)26(15-23)40-29(35)22(9)19(5)6/h10-11,15,17-22,24,31H,12-14,16H2,1-9H3,(H,32,33)/t20?,21?,22?,24-/m0/s1. The van der Waals surface area contributed by atoms with Crippen LogP contribution in [0.4, 0.5) is 4.79 Å². The van der Waals surface area contributed by atoms with Crippen LogP contribution in [0.15, 0.2) is 18.2 Å². The van der Waals surface area contributed by atoms with Crippen molar-refractivity contribution >= 4 is 24.1 Å². The molecule has 0 aliphatic carbocycles. The molecule has 0 amide bonds. The smallest absolute Gasteiger partial charge is 0.480 e. The number of aliphatic carboxylic acids is 1. The van der Waals surface area contributed by atoms with E-state index in [0.717, 1.165) is 0 Å². The number of carboxylic acid groups (broad SMARTS) is 1. The van der Waals surface area contributed by atoms with Gasteiger partial charge in [0.15, 0.2) is 11.5 Å².